The molecule has 0 aromatic carbocycles. The van der Waals surface area contributed by atoms with Crippen LogP contribution in [0.15, 0.2) is 6.20 Å². The molecule has 1 heterocycles. The minimum absolute atomic E-state index is 0.533. The molecule has 0 fully saturated rings. The average Bonchev–Trinajstić information content (AvgIpc) is 2.67. The molecule has 4 heteroatoms. The summed E-state index contributed by atoms with van der Waals surface area (Å²) in [7, 11) is 0. The third kappa shape index (κ3) is 3.63. The number of nitrogens with zero attached hydrogens (tertiary/aromatic N) is 3. The van der Waals surface area contributed by atoms with E-state index in [1.165, 1.54) is 5.69 Å². The van der Waals surface area contributed by atoms with Crippen molar-refractivity contribution < 1.29 is 0 Å². The molecule has 0 aliphatic heterocycles. The zero-order valence-electron chi connectivity index (χ0n) is 10.0. The maximum Gasteiger partial charge on any atom is 0.0727 e. The Kier molecular flexibility index (Phi) is 5.32. The Bertz CT molecular complexity index is 269. The van der Waals surface area contributed by atoms with E-state index in [1.54, 1.807) is 0 Å². The standard InChI is InChI=1S/C11H22N4/c1-4-8-15-11(9-13-14-15)10(3)6-7-12-5-2/h9-10,12H,4-8H2,1-3H3. The van der Waals surface area contributed by atoms with Crippen molar-refractivity contribution in [3.05, 3.63) is 11.9 Å². The minimum atomic E-state index is 0.533. The lowest BCUT2D eigenvalue weighted by Crippen LogP contribution is -2.17. The van der Waals surface area contributed by atoms with E-state index in [2.05, 4.69) is 36.4 Å². The van der Waals surface area contributed by atoms with Gasteiger partial charge in [0.05, 0.1) is 11.9 Å². The Hall–Kier alpha value is -0.900. The third-order valence-corrected chi connectivity index (χ3v) is 2.59. The van der Waals surface area contributed by atoms with Gasteiger partial charge in [-0.2, -0.15) is 0 Å². The van der Waals surface area contributed by atoms with Crippen LogP contribution in [0.4, 0.5) is 0 Å². The Morgan fingerprint density at radius 3 is 2.93 bits per heavy atom. The highest BCUT2D eigenvalue weighted by Gasteiger charge is 2.11. The zero-order chi connectivity index (χ0) is 11.1. The molecule has 0 aliphatic carbocycles. The second-order valence-corrected chi connectivity index (χ2v) is 3.93. The summed E-state index contributed by atoms with van der Waals surface area (Å²) in [6.45, 7) is 9.61. The maximum absolute atomic E-state index is 4.10. The fraction of sp³-hybridized carbons (Fsp3) is 0.818. The van der Waals surface area contributed by atoms with E-state index >= 15 is 0 Å². The molecule has 1 N–H and O–H groups in total. The first-order valence-electron chi connectivity index (χ1n) is 5.88. The van der Waals surface area contributed by atoms with E-state index in [-0.39, 0.29) is 0 Å². The van der Waals surface area contributed by atoms with Gasteiger partial charge in [-0.25, -0.2) is 4.68 Å². The monoisotopic (exact) mass is 210 g/mol. The Morgan fingerprint density at radius 2 is 2.27 bits per heavy atom. The van der Waals surface area contributed by atoms with Crippen molar-refractivity contribution in [3.63, 3.8) is 0 Å². The van der Waals surface area contributed by atoms with Crippen LogP contribution in [0.3, 0.4) is 0 Å². The smallest absolute Gasteiger partial charge is 0.0727 e. The normalized spacial score (nSPS) is 13.0. The summed E-state index contributed by atoms with van der Waals surface area (Å²) in [5.74, 6) is 0.533. The van der Waals surface area contributed by atoms with Gasteiger partial charge in [-0.3, -0.25) is 0 Å². The summed E-state index contributed by atoms with van der Waals surface area (Å²) in [5.41, 5.74) is 1.26. The molecule has 1 rings (SSSR count). The lowest BCUT2D eigenvalue weighted by molar-refractivity contribution is 0.513. The molecule has 0 amide bonds. The van der Waals surface area contributed by atoms with Crippen LogP contribution < -0.4 is 5.32 Å². The van der Waals surface area contributed by atoms with E-state index in [4.69, 9.17) is 0 Å². The highest BCUT2D eigenvalue weighted by atomic mass is 15.4. The van der Waals surface area contributed by atoms with Crippen molar-refractivity contribution in [2.24, 2.45) is 0 Å². The highest BCUT2D eigenvalue weighted by molar-refractivity contribution is 5.01. The first kappa shape index (κ1) is 12.2. The van der Waals surface area contributed by atoms with Crippen molar-refractivity contribution in [2.45, 2.75) is 46.1 Å². The molecule has 1 aromatic rings. The fourth-order valence-corrected chi connectivity index (χ4v) is 1.68. The fourth-order valence-electron chi connectivity index (χ4n) is 1.68. The van der Waals surface area contributed by atoms with E-state index in [1.807, 2.05) is 10.9 Å². The van der Waals surface area contributed by atoms with Gasteiger partial charge in [0.1, 0.15) is 0 Å². The number of hydrogen-bond acceptors (Lipinski definition) is 3. The first-order chi connectivity index (χ1) is 7.29. The van der Waals surface area contributed by atoms with Gasteiger partial charge in [0, 0.05) is 12.5 Å². The summed E-state index contributed by atoms with van der Waals surface area (Å²) in [6, 6.07) is 0. The van der Waals surface area contributed by atoms with Crippen LogP contribution in [0.5, 0.6) is 0 Å². The molecule has 0 bridgehead atoms. The van der Waals surface area contributed by atoms with Gasteiger partial charge in [-0.1, -0.05) is 26.0 Å². The summed E-state index contributed by atoms with van der Waals surface area (Å²) >= 11 is 0. The summed E-state index contributed by atoms with van der Waals surface area (Å²) < 4.78 is 2.02. The zero-order valence-corrected chi connectivity index (χ0v) is 10.0. The van der Waals surface area contributed by atoms with Crippen LogP contribution in [0.1, 0.15) is 45.2 Å². The van der Waals surface area contributed by atoms with E-state index in [0.717, 1.165) is 32.5 Å². The number of nitrogens with one attached hydrogen (secondary N) is 1. The van der Waals surface area contributed by atoms with E-state index in [0.29, 0.717) is 5.92 Å². The topological polar surface area (TPSA) is 42.7 Å². The predicted octanol–water partition coefficient (Wildman–Crippen LogP) is 1.79. The van der Waals surface area contributed by atoms with Gasteiger partial charge >= 0.3 is 0 Å². The second-order valence-electron chi connectivity index (χ2n) is 3.93. The Labute approximate surface area is 92.1 Å². The molecule has 86 valence electrons. The largest absolute Gasteiger partial charge is 0.317 e. The third-order valence-electron chi connectivity index (χ3n) is 2.59. The molecular formula is C11H22N4. The van der Waals surface area contributed by atoms with Crippen LogP contribution in [-0.2, 0) is 6.54 Å². The molecule has 0 spiro atoms. The number of aryl methyl sites for hydroxylation is 1. The van der Waals surface area contributed by atoms with Gasteiger partial charge in [0.2, 0.25) is 0 Å². The SMILES string of the molecule is CCCn1nncc1C(C)CCNCC. The summed E-state index contributed by atoms with van der Waals surface area (Å²) in [6.07, 6.45) is 4.15. The molecule has 1 atom stereocenters. The van der Waals surface area contributed by atoms with E-state index in [9.17, 15) is 0 Å². The van der Waals surface area contributed by atoms with Gasteiger partial charge in [0.15, 0.2) is 0 Å². The quantitative estimate of drug-likeness (QED) is 0.698. The molecule has 15 heavy (non-hydrogen) atoms. The first-order valence-corrected chi connectivity index (χ1v) is 5.88. The van der Waals surface area contributed by atoms with Crippen LogP contribution in [0, 0.1) is 0 Å². The number of rotatable bonds is 7. The molecule has 1 aromatic heterocycles. The van der Waals surface area contributed by atoms with Crippen LogP contribution in [0.25, 0.3) is 0 Å². The molecule has 0 saturated carbocycles. The second kappa shape index (κ2) is 6.56. The van der Waals surface area contributed by atoms with Crippen LogP contribution in [0.2, 0.25) is 0 Å². The molecule has 0 radical (unpaired) electrons. The van der Waals surface area contributed by atoms with Gasteiger partial charge < -0.3 is 5.32 Å². The molecule has 0 saturated heterocycles. The lowest BCUT2D eigenvalue weighted by atomic mass is 10.0. The van der Waals surface area contributed by atoms with Crippen molar-refractivity contribution >= 4 is 0 Å². The predicted molar refractivity (Wildman–Crippen MR) is 61.9 cm³/mol. The number of aromatic nitrogens is 3. The van der Waals surface area contributed by atoms with Crippen molar-refractivity contribution in [2.75, 3.05) is 13.1 Å². The average molecular weight is 210 g/mol. The van der Waals surface area contributed by atoms with Gasteiger partial charge in [-0.15, -0.1) is 5.10 Å². The summed E-state index contributed by atoms with van der Waals surface area (Å²) in [4.78, 5) is 0. The highest BCUT2D eigenvalue weighted by Crippen LogP contribution is 2.17. The van der Waals surface area contributed by atoms with Crippen molar-refractivity contribution in [1.29, 1.82) is 0 Å². The van der Waals surface area contributed by atoms with E-state index < -0.39 is 0 Å². The molecule has 0 aliphatic rings. The number of hydrogen-bond donors (Lipinski definition) is 1. The molecule has 1 unspecified atom stereocenters. The lowest BCUT2D eigenvalue weighted by Gasteiger charge is -2.12. The Morgan fingerprint density at radius 1 is 1.47 bits per heavy atom. The molecular weight excluding hydrogens is 188 g/mol. The molecule has 4 nitrogen and oxygen atoms in total. The Balaban J connectivity index is 2.48. The van der Waals surface area contributed by atoms with Crippen LogP contribution in [-0.4, -0.2) is 28.1 Å². The maximum atomic E-state index is 4.10. The minimum Gasteiger partial charge on any atom is -0.317 e. The van der Waals surface area contributed by atoms with Crippen molar-refractivity contribution in [1.82, 2.24) is 20.3 Å². The summed E-state index contributed by atoms with van der Waals surface area (Å²) in [5, 5.41) is 11.4. The van der Waals surface area contributed by atoms with Gasteiger partial charge in [-0.05, 0) is 25.9 Å². The van der Waals surface area contributed by atoms with Crippen LogP contribution >= 0.6 is 0 Å². The van der Waals surface area contributed by atoms with Crippen molar-refractivity contribution in [3.8, 4) is 0 Å². The van der Waals surface area contributed by atoms with Gasteiger partial charge in [0.25, 0.3) is 0 Å².